The van der Waals surface area contributed by atoms with E-state index in [0.29, 0.717) is 23.7 Å². The Labute approximate surface area is 120 Å². The Balaban J connectivity index is 2.56. The van der Waals surface area contributed by atoms with Gasteiger partial charge >= 0.3 is 0 Å². The lowest BCUT2D eigenvalue weighted by Gasteiger charge is -2.07. The zero-order chi connectivity index (χ0) is 14.8. The Morgan fingerprint density at radius 2 is 2.10 bits per heavy atom. The Hall–Kier alpha value is -1.43. The molecule has 11 heteroatoms. The Kier molecular flexibility index (Phi) is 4.42. The lowest BCUT2D eigenvalue weighted by atomic mass is 10.3. The van der Waals surface area contributed by atoms with Gasteiger partial charge in [-0.3, -0.25) is 4.57 Å². The van der Waals surface area contributed by atoms with Gasteiger partial charge in [-0.2, -0.15) is 0 Å². The van der Waals surface area contributed by atoms with Crippen LogP contribution in [0.5, 0.6) is 0 Å². The number of nitrogens with zero attached hydrogens (tertiary/aromatic N) is 5. The number of hydrogen-bond acceptors (Lipinski definition) is 8. The molecule has 0 spiro atoms. The van der Waals surface area contributed by atoms with Gasteiger partial charge in [0.1, 0.15) is 4.88 Å². The predicted molar refractivity (Wildman–Crippen MR) is 71.6 cm³/mol. The van der Waals surface area contributed by atoms with E-state index >= 15 is 0 Å². The summed E-state index contributed by atoms with van der Waals surface area (Å²) in [4.78, 5) is 0.686. The van der Waals surface area contributed by atoms with Gasteiger partial charge in [0.15, 0.2) is 5.82 Å². The number of primary sulfonamides is 1. The number of methoxy groups -OCH3 is 1. The van der Waals surface area contributed by atoms with Crippen molar-refractivity contribution in [2.75, 3.05) is 13.7 Å². The van der Waals surface area contributed by atoms with Gasteiger partial charge in [0.05, 0.1) is 18.8 Å². The molecule has 0 aliphatic rings. The molecule has 0 atom stereocenters. The molecule has 0 unspecified atom stereocenters. The number of nitrogens with two attached hydrogens (primary N) is 1. The molecule has 0 saturated carbocycles. The molecule has 20 heavy (non-hydrogen) atoms. The number of aromatic nitrogens is 5. The summed E-state index contributed by atoms with van der Waals surface area (Å²) in [5, 5.41) is 16.4. The van der Waals surface area contributed by atoms with Crippen molar-refractivity contribution in [1.82, 2.24) is 24.4 Å². The number of hydrogen-bond donors (Lipinski definition) is 1. The van der Waals surface area contributed by atoms with Gasteiger partial charge in [0, 0.05) is 7.11 Å². The highest BCUT2D eigenvalue weighted by Crippen LogP contribution is 2.26. The molecular formula is C9H14N6O3S2. The van der Waals surface area contributed by atoms with E-state index in [1.807, 2.05) is 6.92 Å². The Bertz CT molecular complexity index is 692. The van der Waals surface area contributed by atoms with Crippen molar-refractivity contribution in [2.24, 2.45) is 5.14 Å². The Morgan fingerprint density at radius 1 is 1.35 bits per heavy atom. The van der Waals surface area contributed by atoms with Crippen molar-refractivity contribution >= 4 is 21.6 Å². The summed E-state index contributed by atoms with van der Waals surface area (Å²) in [6.07, 6.45) is 0.660. The van der Waals surface area contributed by atoms with E-state index in [1.54, 1.807) is 0 Å². The van der Waals surface area contributed by atoms with Crippen LogP contribution in [-0.2, 0) is 27.7 Å². The van der Waals surface area contributed by atoms with Crippen LogP contribution in [0.25, 0.3) is 10.7 Å². The minimum absolute atomic E-state index is 0.269. The monoisotopic (exact) mass is 318 g/mol. The van der Waals surface area contributed by atoms with Gasteiger partial charge in [-0.1, -0.05) is 11.4 Å². The average molecular weight is 318 g/mol. The minimum atomic E-state index is -3.96. The fourth-order valence-electron chi connectivity index (χ4n) is 1.66. The van der Waals surface area contributed by atoms with E-state index in [1.165, 1.54) is 11.7 Å². The normalized spacial score (nSPS) is 11.9. The molecule has 0 aliphatic heterocycles. The van der Waals surface area contributed by atoms with Crippen LogP contribution in [-0.4, -0.2) is 46.5 Å². The van der Waals surface area contributed by atoms with E-state index in [2.05, 4.69) is 19.8 Å². The van der Waals surface area contributed by atoms with Crippen molar-refractivity contribution in [3.05, 3.63) is 5.69 Å². The highest BCUT2D eigenvalue weighted by Gasteiger charge is 2.24. The third kappa shape index (κ3) is 2.85. The summed E-state index contributed by atoms with van der Waals surface area (Å²) in [7, 11) is -2.44. The van der Waals surface area contributed by atoms with E-state index in [9.17, 15) is 8.42 Å². The quantitative estimate of drug-likeness (QED) is 0.771. The molecule has 2 N–H and O–H groups in total. The first-order valence-corrected chi connectivity index (χ1v) is 8.07. The largest absolute Gasteiger partial charge is 0.383 e. The van der Waals surface area contributed by atoms with Crippen LogP contribution in [0.3, 0.4) is 0 Å². The average Bonchev–Trinajstić information content (AvgIpc) is 3.00. The molecule has 9 nitrogen and oxygen atoms in total. The number of sulfonamides is 1. The second kappa shape index (κ2) is 5.91. The summed E-state index contributed by atoms with van der Waals surface area (Å²) >= 11 is 1.14. The summed E-state index contributed by atoms with van der Waals surface area (Å²) in [5.74, 6) is 0.387. The maximum Gasteiger partial charge on any atom is 0.273 e. The van der Waals surface area contributed by atoms with Crippen LogP contribution >= 0.6 is 11.5 Å². The molecule has 2 aromatic heterocycles. The topological polar surface area (TPSA) is 126 Å². The molecule has 110 valence electrons. The third-order valence-corrected chi connectivity index (χ3v) is 4.16. The first kappa shape index (κ1) is 15.0. The molecule has 2 heterocycles. The van der Waals surface area contributed by atoms with Crippen LogP contribution in [0.2, 0.25) is 0 Å². The first-order valence-electron chi connectivity index (χ1n) is 5.75. The molecule has 2 rings (SSSR count). The number of ether oxygens (including phenoxy) is 1. The fraction of sp³-hybridized carbons (Fsp3) is 0.556. The van der Waals surface area contributed by atoms with Gasteiger partial charge in [0.25, 0.3) is 15.2 Å². The van der Waals surface area contributed by atoms with Gasteiger partial charge < -0.3 is 4.74 Å². The van der Waals surface area contributed by atoms with E-state index in [0.717, 1.165) is 17.2 Å². The van der Waals surface area contributed by atoms with E-state index < -0.39 is 10.0 Å². The molecule has 0 bridgehead atoms. The van der Waals surface area contributed by atoms with Crippen LogP contribution in [0.4, 0.5) is 0 Å². The molecule has 0 amide bonds. The molecule has 0 radical (unpaired) electrons. The van der Waals surface area contributed by atoms with Crippen LogP contribution in [0.1, 0.15) is 12.6 Å². The van der Waals surface area contributed by atoms with Crippen LogP contribution < -0.4 is 5.14 Å². The molecule has 0 aromatic carbocycles. The number of aryl methyl sites for hydroxylation is 1. The maximum absolute atomic E-state index is 11.5. The zero-order valence-corrected chi connectivity index (χ0v) is 12.6. The summed E-state index contributed by atoms with van der Waals surface area (Å²) in [6, 6.07) is 0. The first-order chi connectivity index (χ1) is 9.49. The molecule has 0 aliphatic carbocycles. The summed E-state index contributed by atoms with van der Waals surface area (Å²) in [5.41, 5.74) is 0.738. The predicted octanol–water partition coefficient (Wildman–Crippen LogP) is -0.347. The molecular weight excluding hydrogens is 304 g/mol. The van der Waals surface area contributed by atoms with Gasteiger partial charge in [-0.15, -0.1) is 15.3 Å². The standard InChI is InChI=1S/C9H14N6O3S2/c1-3-6-7(19-14-11-6)8-12-13-9(20(10,16)17)15(8)4-5-18-2/h3-5H2,1-2H3,(H2,10,16,17). The highest BCUT2D eigenvalue weighted by atomic mass is 32.2. The van der Waals surface area contributed by atoms with Crippen molar-refractivity contribution in [2.45, 2.75) is 25.0 Å². The Morgan fingerprint density at radius 3 is 2.70 bits per heavy atom. The van der Waals surface area contributed by atoms with E-state index in [4.69, 9.17) is 9.88 Å². The lowest BCUT2D eigenvalue weighted by molar-refractivity contribution is 0.185. The third-order valence-electron chi connectivity index (χ3n) is 2.58. The van der Waals surface area contributed by atoms with Crippen molar-refractivity contribution in [3.63, 3.8) is 0 Å². The fourth-order valence-corrected chi connectivity index (χ4v) is 3.04. The van der Waals surface area contributed by atoms with Crippen LogP contribution in [0.15, 0.2) is 5.16 Å². The minimum Gasteiger partial charge on any atom is -0.383 e. The lowest BCUT2D eigenvalue weighted by Crippen LogP contribution is -2.20. The molecule has 0 saturated heterocycles. The zero-order valence-electron chi connectivity index (χ0n) is 11.0. The maximum atomic E-state index is 11.5. The van der Waals surface area contributed by atoms with E-state index in [-0.39, 0.29) is 11.7 Å². The van der Waals surface area contributed by atoms with Crippen molar-refractivity contribution in [3.8, 4) is 10.7 Å². The summed E-state index contributed by atoms with van der Waals surface area (Å²) < 4.78 is 33.3. The van der Waals surface area contributed by atoms with Gasteiger partial charge in [0.2, 0.25) is 0 Å². The van der Waals surface area contributed by atoms with Crippen molar-refractivity contribution < 1.29 is 13.2 Å². The SMILES string of the molecule is CCc1nnsc1-c1nnc(S(N)(=O)=O)n1CCOC. The highest BCUT2D eigenvalue weighted by molar-refractivity contribution is 7.89. The smallest absolute Gasteiger partial charge is 0.273 e. The second-order valence-corrected chi connectivity index (χ2v) is 6.11. The molecule has 2 aromatic rings. The second-order valence-electron chi connectivity index (χ2n) is 3.90. The van der Waals surface area contributed by atoms with Crippen molar-refractivity contribution in [1.29, 1.82) is 0 Å². The molecule has 0 fully saturated rings. The van der Waals surface area contributed by atoms with Gasteiger partial charge in [-0.05, 0) is 18.0 Å². The number of rotatable bonds is 6. The van der Waals surface area contributed by atoms with Crippen LogP contribution in [0, 0.1) is 0 Å². The van der Waals surface area contributed by atoms with Gasteiger partial charge in [-0.25, -0.2) is 13.6 Å². The summed E-state index contributed by atoms with van der Waals surface area (Å²) in [6.45, 7) is 2.50.